The van der Waals surface area contributed by atoms with Crippen molar-refractivity contribution in [2.45, 2.75) is 0 Å². The standard InChI is InChI=1S/C16H14N4OS/c1-17-7-6-13(18-2)15-14(11-4-3-5-12(21)10-11)19-16-20(15)8-9-22-16/h3-10,21H,1H2,2H3/b7-6-,18-13?. The summed E-state index contributed by atoms with van der Waals surface area (Å²) >= 11 is 1.55. The highest BCUT2D eigenvalue weighted by atomic mass is 32.1. The van der Waals surface area contributed by atoms with Crippen LogP contribution >= 0.6 is 11.3 Å². The summed E-state index contributed by atoms with van der Waals surface area (Å²) in [7, 11) is 1.72. The maximum atomic E-state index is 9.73. The van der Waals surface area contributed by atoms with E-state index in [1.165, 1.54) is 0 Å². The zero-order valence-electron chi connectivity index (χ0n) is 12.0. The Balaban J connectivity index is 2.27. The van der Waals surface area contributed by atoms with Crippen LogP contribution in [0.5, 0.6) is 5.75 Å². The maximum absolute atomic E-state index is 9.73. The van der Waals surface area contributed by atoms with E-state index in [1.807, 2.05) is 22.0 Å². The molecule has 0 atom stereocenters. The van der Waals surface area contributed by atoms with Gasteiger partial charge in [-0.1, -0.05) is 12.1 Å². The Morgan fingerprint density at radius 3 is 3.05 bits per heavy atom. The number of hydrogen-bond acceptors (Lipinski definition) is 5. The van der Waals surface area contributed by atoms with E-state index in [0.717, 1.165) is 27.6 Å². The Labute approximate surface area is 131 Å². The molecule has 22 heavy (non-hydrogen) atoms. The fourth-order valence-corrected chi connectivity index (χ4v) is 2.98. The number of phenols is 1. The molecule has 110 valence electrons. The minimum atomic E-state index is 0.207. The van der Waals surface area contributed by atoms with E-state index in [2.05, 4.69) is 21.7 Å². The van der Waals surface area contributed by atoms with Crippen LogP contribution in [0.2, 0.25) is 0 Å². The van der Waals surface area contributed by atoms with Crippen LogP contribution in [0.4, 0.5) is 0 Å². The predicted molar refractivity (Wildman–Crippen MR) is 91.3 cm³/mol. The van der Waals surface area contributed by atoms with E-state index in [9.17, 15) is 5.11 Å². The van der Waals surface area contributed by atoms with Gasteiger partial charge >= 0.3 is 0 Å². The summed E-state index contributed by atoms with van der Waals surface area (Å²) in [6.45, 7) is 3.45. The van der Waals surface area contributed by atoms with Gasteiger partial charge in [-0.05, 0) is 24.9 Å². The number of hydrogen-bond donors (Lipinski definition) is 1. The summed E-state index contributed by atoms with van der Waals surface area (Å²) in [5, 5.41) is 11.7. The minimum Gasteiger partial charge on any atom is -0.508 e. The lowest BCUT2D eigenvalue weighted by Gasteiger charge is -2.05. The molecule has 3 rings (SSSR count). The first kappa shape index (κ1) is 14.2. The molecule has 0 radical (unpaired) electrons. The number of nitrogens with zero attached hydrogens (tertiary/aromatic N) is 4. The second kappa shape index (κ2) is 5.95. The van der Waals surface area contributed by atoms with E-state index in [-0.39, 0.29) is 5.75 Å². The molecule has 5 nitrogen and oxygen atoms in total. The van der Waals surface area contributed by atoms with Crippen molar-refractivity contribution >= 4 is 28.7 Å². The SMILES string of the molecule is C=N/C=C\C(=NC)c1c(-c2cccc(O)c2)nc2sccn12. The number of aliphatic imine (C=N–C) groups is 2. The molecule has 2 heterocycles. The van der Waals surface area contributed by atoms with Crippen molar-refractivity contribution in [2.75, 3.05) is 7.05 Å². The molecule has 0 bridgehead atoms. The van der Waals surface area contributed by atoms with Crippen LogP contribution in [-0.4, -0.2) is 34.0 Å². The molecule has 0 amide bonds. The number of fused-ring (bicyclic) bond motifs is 1. The molecule has 1 N–H and O–H groups in total. The van der Waals surface area contributed by atoms with Gasteiger partial charge in [0.25, 0.3) is 0 Å². The molecule has 3 aromatic rings. The van der Waals surface area contributed by atoms with Crippen molar-refractivity contribution in [3.8, 4) is 17.0 Å². The highest BCUT2D eigenvalue weighted by Gasteiger charge is 2.18. The summed E-state index contributed by atoms with van der Waals surface area (Å²) in [6, 6.07) is 7.04. The summed E-state index contributed by atoms with van der Waals surface area (Å²) in [6.07, 6.45) is 5.34. The molecule has 1 aromatic carbocycles. The van der Waals surface area contributed by atoms with Crippen molar-refractivity contribution in [1.29, 1.82) is 0 Å². The first-order valence-electron chi connectivity index (χ1n) is 6.59. The average Bonchev–Trinajstić information content (AvgIpc) is 3.10. The van der Waals surface area contributed by atoms with Crippen LogP contribution in [-0.2, 0) is 0 Å². The lowest BCUT2D eigenvalue weighted by molar-refractivity contribution is 0.475. The third kappa shape index (κ3) is 2.44. The summed E-state index contributed by atoms with van der Waals surface area (Å²) in [5.41, 5.74) is 3.23. The third-order valence-corrected chi connectivity index (χ3v) is 3.96. The van der Waals surface area contributed by atoms with Gasteiger partial charge in [-0.15, -0.1) is 11.3 Å². The highest BCUT2D eigenvalue weighted by Crippen LogP contribution is 2.29. The summed E-state index contributed by atoms with van der Waals surface area (Å²) in [4.78, 5) is 13.6. The molecule has 0 spiro atoms. The van der Waals surface area contributed by atoms with Crippen LogP contribution in [0.3, 0.4) is 0 Å². The van der Waals surface area contributed by atoms with Crippen LogP contribution < -0.4 is 0 Å². The first-order valence-corrected chi connectivity index (χ1v) is 7.47. The Morgan fingerprint density at radius 2 is 2.32 bits per heavy atom. The number of rotatable bonds is 4. The Morgan fingerprint density at radius 1 is 1.45 bits per heavy atom. The largest absolute Gasteiger partial charge is 0.508 e. The molecule has 0 aliphatic heterocycles. The van der Waals surface area contributed by atoms with Crippen molar-refractivity contribution in [2.24, 2.45) is 9.98 Å². The Bertz CT molecular complexity index is 889. The zero-order valence-corrected chi connectivity index (χ0v) is 12.8. The zero-order chi connectivity index (χ0) is 15.5. The fraction of sp³-hybridized carbons (Fsp3) is 0.0625. The number of phenolic OH excluding ortho intramolecular Hbond substituents is 1. The Hall–Kier alpha value is -2.73. The quantitative estimate of drug-likeness (QED) is 0.751. The normalized spacial score (nSPS) is 12.3. The van der Waals surface area contributed by atoms with Crippen LogP contribution in [0.25, 0.3) is 16.2 Å². The lowest BCUT2D eigenvalue weighted by atomic mass is 10.1. The van der Waals surface area contributed by atoms with Gasteiger partial charge in [0, 0.05) is 30.4 Å². The van der Waals surface area contributed by atoms with E-state index < -0.39 is 0 Å². The van der Waals surface area contributed by atoms with Gasteiger partial charge in [-0.2, -0.15) is 0 Å². The molecule has 2 aromatic heterocycles. The van der Waals surface area contributed by atoms with E-state index >= 15 is 0 Å². The van der Waals surface area contributed by atoms with Gasteiger partial charge < -0.3 is 5.11 Å². The van der Waals surface area contributed by atoms with Gasteiger partial charge in [0.1, 0.15) is 5.75 Å². The summed E-state index contributed by atoms with van der Waals surface area (Å²) < 4.78 is 1.99. The average molecular weight is 310 g/mol. The van der Waals surface area contributed by atoms with E-state index in [0.29, 0.717) is 0 Å². The topological polar surface area (TPSA) is 62.2 Å². The number of benzene rings is 1. The van der Waals surface area contributed by atoms with Crippen molar-refractivity contribution in [3.05, 3.63) is 53.8 Å². The molecule has 0 fully saturated rings. The van der Waals surface area contributed by atoms with Crippen molar-refractivity contribution in [1.82, 2.24) is 9.38 Å². The van der Waals surface area contributed by atoms with Crippen molar-refractivity contribution < 1.29 is 5.11 Å². The second-order valence-electron chi connectivity index (χ2n) is 4.52. The van der Waals surface area contributed by atoms with Crippen LogP contribution in [0, 0.1) is 0 Å². The molecule has 6 heteroatoms. The number of aromatic hydroxyl groups is 1. The smallest absolute Gasteiger partial charge is 0.194 e. The third-order valence-electron chi connectivity index (χ3n) is 3.20. The maximum Gasteiger partial charge on any atom is 0.194 e. The van der Waals surface area contributed by atoms with E-state index in [4.69, 9.17) is 0 Å². The van der Waals surface area contributed by atoms with Gasteiger partial charge in [0.15, 0.2) is 4.96 Å². The van der Waals surface area contributed by atoms with E-state index in [1.54, 1.807) is 48.9 Å². The molecular formula is C16H14N4OS. The Kier molecular flexibility index (Phi) is 3.84. The number of allylic oxidation sites excluding steroid dienone is 1. The molecule has 0 aliphatic carbocycles. The lowest BCUT2D eigenvalue weighted by Crippen LogP contribution is -2.03. The molecule has 0 unspecified atom stereocenters. The van der Waals surface area contributed by atoms with Gasteiger partial charge in [-0.25, -0.2) is 4.98 Å². The summed E-state index contributed by atoms with van der Waals surface area (Å²) in [5.74, 6) is 0.207. The van der Waals surface area contributed by atoms with Gasteiger partial charge in [0.05, 0.1) is 17.1 Å². The number of aromatic nitrogens is 2. The first-order chi connectivity index (χ1) is 10.7. The number of imidazole rings is 1. The van der Waals surface area contributed by atoms with Gasteiger partial charge in [-0.3, -0.25) is 14.4 Å². The fourth-order valence-electron chi connectivity index (χ4n) is 2.27. The second-order valence-corrected chi connectivity index (χ2v) is 5.40. The van der Waals surface area contributed by atoms with Crippen LogP contribution in [0.1, 0.15) is 5.69 Å². The molecule has 0 aliphatic rings. The number of thiazole rings is 1. The molecule has 0 saturated carbocycles. The highest BCUT2D eigenvalue weighted by molar-refractivity contribution is 7.15. The molecular weight excluding hydrogens is 296 g/mol. The van der Waals surface area contributed by atoms with Gasteiger partial charge in [0.2, 0.25) is 0 Å². The monoisotopic (exact) mass is 310 g/mol. The van der Waals surface area contributed by atoms with Crippen molar-refractivity contribution in [3.63, 3.8) is 0 Å². The van der Waals surface area contributed by atoms with Crippen LogP contribution in [0.15, 0.2) is 58.1 Å². The minimum absolute atomic E-state index is 0.207. The molecule has 0 saturated heterocycles. The predicted octanol–water partition coefficient (Wildman–Crippen LogP) is 3.40.